The number of benzene rings is 3. The molecule has 4 rings (SSSR count). The van der Waals surface area contributed by atoms with Crippen molar-refractivity contribution in [1.82, 2.24) is 0 Å². The molecule has 0 N–H and O–H groups in total. The Morgan fingerprint density at radius 3 is 2.37 bits per heavy atom. The summed E-state index contributed by atoms with van der Waals surface area (Å²) in [5, 5.41) is 7.42. The van der Waals surface area contributed by atoms with Crippen LogP contribution in [0.4, 0.5) is 10.1 Å². The molecule has 27 heavy (non-hydrogen) atoms. The van der Waals surface area contributed by atoms with Gasteiger partial charge in [-0.3, -0.25) is 5.01 Å². The molecule has 3 nitrogen and oxygen atoms in total. The van der Waals surface area contributed by atoms with E-state index in [1.54, 1.807) is 19.2 Å². The smallest absolute Gasteiger partial charge is 0.123 e. The molecule has 0 unspecified atom stereocenters. The van der Waals surface area contributed by atoms with Crippen LogP contribution in [0.5, 0.6) is 5.75 Å². The molecule has 1 aliphatic heterocycles. The highest BCUT2D eigenvalue weighted by Gasteiger charge is 2.31. The lowest BCUT2D eigenvalue weighted by Crippen LogP contribution is -2.18. The zero-order valence-corrected chi connectivity index (χ0v) is 15.5. The summed E-state index contributed by atoms with van der Waals surface area (Å²) in [5.74, 6) is 0.549. The van der Waals surface area contributed by atoms with Crippen molar-refractivity contribution in [3.63, 3.8) is 0 Å². The number of anilines is 1. The fourth-order valence-corrected chi connectivity index (χ4v) is 3.49. The average molecular weight is 381 g/mol. The van der Waals surface area contributed by atoms with Crippen molar-refractivity contribution in [2.45, 2.75) is 12.5 Å². The van der Waals surface area contributed by atoms with Crippen molar-refractivity contribution in [2.75, 3.05) is 12.1 Å². The third kappa shape index (κ3) is 3.53. The van der Waals surface area contributed by atoms with Crippen LogP contribution in [0.2, 0.25) is 5.02 Å². The first kappa shape index (κ1) is 17.6. The molecule has 0 aliphatic carbocycles. The van der Waals surface area contributed by atoms with Crippen molar-refractivity contribution in [2.24, 2.45) is 5.10 Å². The summed E-state index contributed by atoms with van der Waals surface area (Å²) < 4.78 is 18.6. The SMILES string of the molecule is COc1ccc([C@H]2CC(c3ccc(F)cc3)=NN2c2ccccc2Cl)cc1. The Balaban J connectivity index is 1.75. The van der Waals surface area contributed by atoms with E-state index in [9.17, 15) is 4.39 Å². The second-order valence-corrected chi connectivity index (χ2v) is 6.75. The van der Waals surface area contributed by atoms with E-state index in [1.165, 1.54) is 12.1 Å². The average Bonchev–Trinajstić information content (AvgIpc) is 3.14. The number of para-hydroxylation sites is 1. The van der Waals surface area contributed by atoms with Gasteiger partial charge in [-0.05, 0) is 47.5 Å². The third-order valence-electron chi connectivity index (χ3n) is 4.69. The molecule has 0 saturated heterocycles. The Morgan fingerprint density at radius 2 is 1.70 bits per heavy atom. The molecule has 0 saturated carbocycles. The minimum absolute atomic E-state index is 0.00383. The molecule has 1 atom stereocenters. The van der Waals surface area contributed by atoms with Gasteiger partial charge in [0.15, 0.2) is 0 Å². The number of hydrogen-bond donors (Lipinski definition) is 0. The summed E-state index contributed by atoms with van der Waals surface area (Å²) in [7, 11) is 1.65. The van der Waals surface area contributed by atoms with Gasteiger partial charge in [-0.2, -0.15) is 5.10 Å². The number of methoxy groups -OCH3 is 1. The number of nitrogens with zero attached hydrogens (tertiary/aromatic N) is 2. The quantitative estimate of drug-likeness (QED) is 0.567. The zero-order valence-electron chi connectivity index (χ0n) is 14.8. The van der Waals surface area contributed by atoms with E-state index in [2.05, 4.69) is 0 Å². The minimum atomic E-state index is -0.257. The van der Waals surface area contributed by atoms with Crippen LogP contribution < -0.4 is 9.75 Å². The van der Waals surface area contributed by atoms with Gasteiger partial charge in [-0.25, -0.2) is 4.39 Å². The molecule has 0 amide bonds. The molecule has 0 spiro atoms. The van der Waals surface area contributed by atoms with Crippen LogP contribution in [0.25, 0.3) is 0 Å². The van der Waals surface area contributed by atoms with Crippen LogP contribution in [0.1, 0.15) is 23.6 Å². The maximum atomic E-state index is 13.3. The van der Waals surface area contributed by atoms with Gasteiger partial charge in [0.2, 0.25) is 0 Å². The van der Waals surface area contributed by atoms with Gasteiger partial charge in [-0.1, -0.05) is 48.0 Å². The van der Waals surface area contributed by atoms with E-state index in [1.807, 2.05) is 53.5 Å². The molecule has 0 fully saturated rings. The molecule has 1 heterocycles. The number of hydrogen-bond acceptors (Lipinski definition) is 3. The molecule has 1 aliphatic rings. The second kappa shape index (κ2) is 7.41. The van der Waals surface area contributed by atoms with E-state index < -0.39 is 0 Å². The van der Waals surface area contributed by atoms with Gasteiger partial charge in [0.05, 0.1) is 29.6 Å². The summed E-state index contributed by atoms with van der Waals surface area (Å²) in [6.45, 7) is 0. The Morgan fingerprint density at radius 1 is 1.00 bits per heavy atom. The van der Waals surface area contributed by atoms with Crippen molar-refractivity contribution in [1.29, 1.82) is 0 Å². The zero-order chi connectivity index (χ0) is 18.8. The summed E-state index contributed by atoms with van der Waals surface area (Å²) >= 11 is 6.44. The third-order valence-corrected chi connectivity index (χ3v) is 5.01. The van der Waals surface area contributed by atoms with Crippen LogP contribution in [-0.2, 0) is 0 Å². The lowest BCUT2D eigenvalue weighted by molar-refractivity contribution is 0.414. The maximum absolute atomic E-state index is 13.3. The minimum Gasteiger partial charge on any atom is -0.497 e. The normalized spacial score (nSPS) is 16.3. The summed E-state index contributed by atoms with van der Waals surface area (Å²) in [6, 6.07) is 22.0. The Kier molecular flexibility index (Phi) is 4.82. The van der Waals surface area contributed by atoms with Crippen molar-refractivity contribution in [3.05, 3.63) is 94.8 Å². The van der Waals surface area contributed by atoms with E-state index in [-0.39, 0.29) is 11.9 Å². The molecule has 5 heteroatoms. The van der Waals surface area contributed by atoms with Gasteiger partial charge >= 0.3 is 0 Å². The number of rotatable bonds is 4. The van der Waals surface area contributed by atoms with E-state index in [4.69, 9.17) is 21.4 Å². The largest absolute Gasteiger partial charge is 0.497 e. The maximum Gasteiger partial charge on any atom is 0.123 e. The van der Waals surface area contributed by atoms with E-state index >= 15 is 0 Å². The summed E-state index contributed by atoms with van der Waals surface area (Å²) in [6.07, 6.45) is 0.698. The first-order valence-electron chi connectivity index (χ1n) is 8.67. The number of halogens is 2. The second-order valence-electron chi connectivity index (χ2n) is 6.34. The van der Waals surface area contributed by atoms with E-state index in [0.29, 0.717) is 11.4 Å². The molecular weight excluding hydrogens is 363 g/mol. The molecule has 0 radical (unpaired) electrons. The number of ether oxygens (including phenoxy) is 1. The van der Waals surface area contributed by atoms with Crippen LogP contribution in [0, 0.1) is 5.82 Å². The molecule has 136 valence electrons. The Hall–Kier alpha value is -2.85. The van der Waals surface area contributed by atoms with Crippen LogP contribution in [0.15, 0.2) is 77.9 Å². The predicted octanol–water partition coefficient (Wildman–Crippen LogP) is 5.84. The summed E-state index contributed by atoms with van der Waals surface area (Å²) in [5.41, 5.74) is 3.76. The van der Waals surface area contributed by atoms with Crippen LogP contribution in [0.3, 0.4) is 0 Å². The van der Waals surface area contributed by atoms with Gasteiger partial charge in [0.25, 0.3) is 0 Å². The predicted molar refractivity (Wildman–Crippen MR) is 107 cm³/mol. The van der Waals surface area contributed by atoms with Gasteiger partial charge in [-0.15, -0.1) is 0 Å². The highest BCUT2D eigenvalue weighted by atomic mass is 35.5. The Bertz CT molecular complexity index is 970. The lowest BCUT2D eigenvalue weighted by atomic mass is 9.98. The summed E-state index contributed by atoms with van der Waals surface area (Å²) in [4.78, 5) is 0. The van der Waals surface area contributed by atoms with Gasteiger partial charge in [0.1, 0.15) is 11.6 Å². The topological polar surface area (TPSA) is 24.8 Å². The first-order valence-corrected chi connectivity index (χ1v) is 9.04. The number of hydrazone groups is 1. The van der Waals surface area contributed by atoms with Crippen molar-refractivity contribution >= 4 is 23.0 Å². The monoisotopic (exact) mass is 380 g/mol. The first-order chi connectivity index (χ1) is 13.2. The van der Waals surface area contributed by atoms with Gasteiger partial charge in [0, 0.05) is 6.42 Å². The molecule has 3 aromatic rings. The van der Waals surface area contributed by atoms with Crippen molar-refractivity contribution < 1.29 is 9.13 Å². The van der Waals surface area contributed by atoms with Crippen molar-refractivity contribution in [3.8, 4) is 5.75 Å². The standard InChI is InChI=1S/C22H18ClFN2O/c1-27-18-12-8-16(9-13-18)22-14-20(15-6-10-17(24)11-7-15)25-26(22)21-5-3-2-4-19(21)23/h2-13,22H,14H2,1H3/t22-/m1/s1. The fourth-order valence-electron chi connectivity index (χ4n) is 3.27. The highest BCUT2D eigenvalue weighted by Crippen LogP contribution is 2.39. The highest BCUT2D eigenvalue weighted by molar-refractivity contribution is 6.33. The molecule has 0 bridgehead atoms. The van der Waals surface area contributed by atoms with Crippen LogP contribution >= 0.6 is 11.6 Å². The van der Waals surface area contributed by atoms with E-state index in [0.717, 1.165) is 28.3 Å². The van der Waals surface area contributed by atoms with Crippen LogP contribution in [-0.4, -0.2) is 12.8 Å². The molecule has 3 aromatic carbocycles. The fraction of sp³-hybridized carbons (Fsp3) is 0.136. The Labute approximate surface area is 162 Å². The molecule has 0 aromatic heterocycles. The lowest BCUT2D eigenvalue weighted by Gasteiger charge is -2.25. The molecular formula is C22H18ClFN2O. The van der Waals surface area contributed by atoms with Gasteiger partial charge < -0.3 is 4.74 Å².